The van der Waals surface area contributed by atoms with Crippen LogP contribution in [0.3, 0.4) is 0 Å². The number of nitrogens with zero attached hydrogens (tertiary/aromatic N) is 1. The van der Waals surface area contributed by atoms with Gasteiger partial charge in [0.05, 0.1) is 23.4 Å². The van der Waals surface area contributed by atoms with Crippen molar-refractivity contribution in [3.8, 4) is 0 Å². The number of carbonyl (C=O) groups excluding carboxylic acids is 2. The van der Waals surface area contributed by atoms with Crippen LogP contribution in [0.1, 0.15) is 17.5 Å². The van der Waals surface area contributed by atoms with Crippen molar-refractivity contribution < 1.29 is 35.9 Å². The summed E-state index contributed by atoms with van der Waals surface area (Å²) in [5.74, 6) is -1.36. The third-order valence-corrected chi connectivity index (χ3v) is 5.51. The van der Waals surface area contributed by atoms with Gasteiger partial charge >= 0.3 is 12.1 Å². The average molecular weight is 455 g/mol. The number of nitrogens with one attached hydrogen (secondary N) is 2. The molecular weight excluding hydrogens is 439 g/mol. The van der Waals surface area contributed by atoms with E-state index in [0.29, 0.717) is 5.56 Å². The average Bonchev–Trinajstić information content (AvgIpc) is 2.97. The number of fused-ring (bicyclic) bond motifs is 1. The summed E-state index contributed by atoms with van der Waals surface area (Å²) in [5, 5.41) is 2.31. The highest BCUT2D eigenvalue weighted by Crippen LogP contribution is 2.29. The fraction of sp³-hybridized carbons (Fsp3) is 0.211. The highest BCUT2D eigenvalue weighted by Gasteiger charge is 2.30. The van der Waals surface area contributed by atoms with Gasteiger partial charge in [-0.1, -0.05) is 12.1 Å². The van der Waals surface area contributed by atoms with Crippen LogP contribution < -0.4 is 10.0 Å². The summed E-state index contributed by atoms with van der Waals surface area (Å²) < 4.78 is 68.6. The normalized spacial score (nSPS) is 15.8. The van der Waals surface area contributed by atoms with Crippen LogP contribution >= 0.6 is 0 Å². The van der Waals surface area contributed by atoms with Gasteiger partial charge in [-0.2, -0.15) is 13.2 Å². The molecule has 0 saturated heterocycles. The van der Waals surface area contributed by atoms with Crippen molar-refractivity contribution >= 4 is 33.4 Å². The molecule has 0 saturated carbocycles. The molecule has 2 N–H and O–H groups in total. The minimum absolute atomic E-state index is 0.0778. The van der Waals surface area contributed by atoms with Gasteiger partial charge in [0.2, 0.25) is 0 Å². The molecule has 164 valence electrons. The van der Waals surface area contributed by atoms with Gasteiger partial charge in [0.15, 0.2) is 6.61 Å². The number of anilines is 1. The van der Waals surface area contributed by atoms with E-state index in [1.54, 1.807) is 18.2 Å². The van der Waals surface area contributed by atoms with Crippen molar-refractivity contribution in [2.75, 3.05) is 18.5 Å². The lowest BCUT2D eigenvalue weighted by molar-refractivity contribution is -0.147. The molecule has 8 nitrogen and oxygen atoms in total. The number of halogens is 3. The molecule has 12 heteroatoms. The van der Waals surface area contributed by atoms with Gasteiger partial charge in [0, 0.05) is 11.3 Å². The molecule has 31 heavy (non-hydrogen) atoms. The number of esters is 1. The maximum absolute atomic E-state index is 12.5. The molecule has 3 rings (SSSR count). The zero-order chi connectivity index (χ0) is 22.6. The monoisotopic (exact) mass is 455 g/mol. The van der Waals surface area contributed by atoms with E-state index in [-0.39, 0.29) is 29.4 Å². The van der Waals surface area contributed by atoms with E-state index in [2.05, 4.69) is 15.0 Å². The second-order valence-electron chi connectivity index (χ2n) is 6.37. The largest absolute Gasteiger partial charge is 0.456 e. The highest BCUT2D eigenvalue weighted by molar-refractivity contribution is 7.90. The van der Waals surface area contributed by atoms with E-state index in [1.165, 1.54) is 6.07 Å². The lowest BCUT2D eigenvalue weighted by Gasteiger charge is -2.09. The van der Waals surface area contributed by atoms with Crippen molar-refractivity contribution in [1.82, 2.24) is 4.72 Å². The van der Waals surface area contributed by atoms with E-state index < -0.39 is 40.2 Å². The second kappa shape index (κ2) is 8.76. The summed E-state index contributed by atoms with van der Waals surface area (Å²) in [7, 11) is -3.68. The third-order valence-electron chi connectivity index (χ3n) is 4.11. The van der Waals surface area contributed by atoms with Gasteiger partial charge in [0.1, 0.15) is 5.84 Å². The number of benzene rings is 2. The highest BCUT2D eigenvalue weighted by atomic mass is 32.2. The summed E-state index contributed by atoms with van der Waals surface area (Å²) in [6, 6.07) is 10.0. The summed E-state index contributed by atoms with van der Waals surface area (Å²) in [4.78, 5) is 27.7. The number of sulfonamides is 1. The molecule has 0 aliphatic carbocycles. The topological polar surface area (TPSA) is 114 Å². The predicted octanol–water partition coefficient (Wildman–Crippen LogP) is 2.32. The quantitative estimate of drug-likeness (QED) is 0.649. The van der Waals surface area contributed by atoms with E-state index in [9.17, 15) is 31.2 Å². The van der Waals surface area contributed by atoms with E-state index in [0.717, 1.165) is 24.3 Å². The molecule has 0 radical (unpaired) electrons. The molecule has 0 aromatic heterocycles. The Balaban J connectivity index is 1.46. The Bertz CT molecular complexity index is 1130. The smallest absolute Gasteiger partial charge is 0.416 e. The van der Waals surface area contributed by atoms with Crippen molar-refractivity contribution in [2.24, 2.45) is 4.99 Å². The summed E-state index contributed by atoms with van der Waals surface area (Å²) in [6.45, 7) is -0.711. The van der Waals surface area contributed by atoms with Gasteiger partial charge in [-0.3, -0.25) is 19.3 Å². The first-order valence-electron chi connectivity index (χ1n) is 8.86. The summed E-state index contributed by atoms with van der Waals surface area (Å²) >= 11 is 0. The predicted molar refractivity (Wildman–Crippen MR) is 104 cm³/mol. The fourth-order valence-electron chi connectivity index (χ4n) is 2.67. The molecule has 2 aromatic rings. The van der Waals surface area contributed by atoms with E-state index in [4.69, 9.17) is 4.74 Å². The van der Waals surface area contributed by atoms with Gasteiger partial charge in [0.25, 0.3) is 15.9 Å². The van der Waals surface area contributed by atoms with Gasteiger partial charge in [-0.15, -0.1) is 0 Å². The van der Waals surface area contributed by atoms with Crippen LogP contribution in [0.2, 0.25) is 0 Å². The van der Waals surface area contributed by atoms with Crippen LogP contribution in [-0.2, 0) is 30.5 Å². The number of aliphatic imine (C=N–C) groups is 1. The number of amides is 1. The molecule has 1 heterocycles. The number of alkyl halides is 3. The van der Waals surface area contributed by atoms with Crippen LogP contribution in [0.15, 0.2) is 58.4 Å². The lowest BCUT2D eigenvalue weighted by Crippen LogP contribution is -2.23. The first-order chi connectivity index (χ1) is 14.6. The molecular formula is C19H16F3N3O5S. The molecule has 2 aromatic carbocycles. The zero-order valence-electron chi connectivity index (χ0n) is 15.8. The number of hydrogen-bond acceptors (Lipinski definition) is 6. The molecule has 0 atom stereocenters. The van der Waals surface area contributed by atoms with Crippen LogP contribution in [0.25, 0.3) is 0 Å². The standard InChI is InChI=1S/C19H16F3N3O5S/c20-19(21,22)12-5-7-13(8-6-12)24-16(26)11-30-17(27)9-10-23-18-14-3-1-2-4-15(14)31(28,29)25-18/h1-8H,9-11H2,(H,23,25)(H,24,26). The Morgan fingerprint density at radius 1 is 1.06 bits per heavy atom. The number of rotatable bonds is 6. The minimum Gasteiger partial charge on any atom is -0.456 e. The van der Waals surface area contributed by atoms with Crippen molar-refractivity contribution in [3.05, 3.63) is 59.7 Å². The minimum atomic E-state index is -4.48. The van der Waals surface area contributed by atoms with Crippen molar-refractivity contribution in [2.45, 2.75) is 17.5 Å². The molecule has 1 aliphatic heterocycles. The number of carbonyl (C=O) groups is 2. The number of amidine groups is 1. The van der Waals surface area contributed by atoms with Crippen molar-refractivity contribution in [3.63, 3.8) is 0 Å². The van der Waals surface area contributed by atoms with Crippen LogP contribution in [0.4, 0.5) is 18.9 Å². The summed E-state index contributed by atoms with van der Waals surface area (Å²) in [6.07, 6.45) is -4.69. The van der Waals surface area contributed by atoms with E-state index in [1.807, 2.05) is 0 Å². The summed E-state index contributed by atoms with van der Waals surface area (Å²) in [5.41, 5.74) is -0.342. The number of hydrogen-bond donors (Lipinski definition) is 2. The molecule has 0 bridgehead atoms. The second-order valence-corrected chi connectivity index (χ2v) is 8.02. The van der Waals surface area contributed by atoms with Crippen LogP contribution in [-0.4, -0.2) is 39.3 Å². The number of ether oxygens (including phenoxy) is 1. The Labute approximate surface area is 175 Å². The van der Waals surface area contributed by atoms with Crippen LogP contribution in [0, 0.1) is 0 Å². The first kappa shape index (κ1) is 22.3. The molecule has 0 fully saturated rings. The third kappa shape index (κ3) is 5.60. The maximum atomic E-state index is 12.5. The first-order valence-corrected chi connectivity index (χ1v) is 10.3. The lowest BCUT2D eigenvalue weighted by atomic mass is 10.2. The van der Waals surface area contributed by atoms with Gasteiger partial charge in [-0.25, -0.2) is 8.42 Å². The molecule has 0 unspecified atom stereocenters. The Hall–Kier alpha value is -3.41. The van der Waals surface area contributed by atoms with Gasteiger partial charge < -0.3 is 10.1 Å². The van der Waals surface area contributed by atoms with Crippen molar-refractivity contribution in [1.29, 1.82) is 0 Å². The van der Waals surface area contributed by atoms with Gasteiger partial charge in [-0.05, 0) is 36.4 Å². The molecule has 1 amide bonds. The Morgan fingerprint density at radius 2 is 1.74 bits per heavy atom. The fourth-order valence-corrected chi connectivity index (χ4v) is 3.92. The SMILES string of the molecule is O=C(COC(=O)CCN=C1NS(=O)(=O)c2ccccc21)Nc1ccc(C(F)(F)F)cc1. The zero-order valence-corrected chi connectivity index (χ0v) is 16.6. The molecule has 1 aliphatic rings. The van der Waals surface area contributed by atoms with Crippen LogP contribution in [0.5, 0.6) is 0 Å². The maximum Gasteiger partial charge on any atom is 0.416 e. The Kier molecular flexibility index (Phi) is 6.29. The molecule has 0 spiro atoms. The van der Waals surface area contributed by atoms with E-state index >= 15 is 0 Å². The Morgan fingerprint density at radius 3 is 2.42 bits per heavy atom.